The molecule has 3 aromatic carbocycles. The summed E-state index contributed by atoms with van der Waals surface area (Å²) in [5.74, 6) is 0. The Morgan fingerprint density at radius 3 is 1.89 bits per heavy atom. The van der Waals surface area contributed by atoms with Gasteiger partial charge in [-0.25, -0.2) is 4.79 Å². The minimum Gasteiger partial charge on any atom is -0.445 e. The van der Waals surface area contributed by atoms with Crippen LogP contribution in [0, 0.1) is 0 Å². The molecule has 1 fully saturated rings. The molecule has 0 bridgehead atoms. The first kappa shape index (κ1) is 25.8. The van der Waals surface area contributed by atoms with Gasteiger partial charge in [-0.3, -0.25) is 0 Å². The Labute approximate surface area is 210 Å². The van der Waals surface area contributed by atoms with Crippen LogP contribution in [-0.2, 0) is 38.8 Å². The first-order chi connectivity index (χ1) is 17.6. The largest absolute Gasteiger partial charge is 0.445 e. The van der Waals surface area contributed by atoms with Gasteiger partial charge in [0, 0.05) is 0 Å². The van der Waals surface area contributed by atoms with Crippen molar-refractivity contribution < 1.29 is 34.0 Å². The lowest BCUT2D eigenvalue weighted by Gasteiger charge is -2.42. The number of hydrogen-bond donors (Lipinski definition) is 3. The standard InChI is InChI=1S/C28H31NO7/c30-25-23(19-33-16-20-10-4-1-5-11-20)36-27(31)24(26(25)34-17-21-12-6-2-7-13-21)29-28(32)35-18-22-14-8-3-9-15-22/h1-15,23-27,30-31H,16-19H2,(H,29,32)/t23-,24-,25-,26-,27+/m1/s1. The van der Waals surface area contributed by atoms with E-state index in [9.17, 15) is 15.0 Å². The van der Waals surface area contributed by atoms with Gasteiger partial charge in [-0.2, -0.15) is 0 Å². The summed E-state index contributed by atoms with van der Waals surface area (Å²) in [6, 6.07) is 27.2. The molecule has 1 aliphatic heterocycles. The van der Waals surface area contributed by atoms with Crippen molar-refractivity contribution in [2.75, 3.05) is 6.61 Å². The van der Waals surface area contributed by atoms with Crippen molar-refractivity contribution in [3.8, 4) is 0 Å². The van der Waals surface area contributed by atoms with Crippen LogP contribution in [-0.4, -0.2) is 53.6 Å². The maximum atomic E-state index is 12.5. The monoisotopic (exact) mass is 493 g/mol. The zero-order valence-electron chi connectivity index (χ0n) is 19.8. The summed E-state index contributed by atoms with van der Waals surface area (Å²) in [7, 11) is 0. The number of nitrogens with one attached hydrogen (secondary N) is 1. The highest BCUT2D eigenvalue weighted by atomic mass is 16.6. The number of ether oxygens (including phenoxy) is 4. The Morgan fingerprint density at radius 2 is 1.31 bits per heavy atom. The van der Waals surface area contributed by atoms with Crippen LogP contribution in [0.15, 0.2) is 91.0 Å². The van der Waals surface area contributed by atoms with Gasteiger partial charge in [-0.05, 0) is 16.7 Å². The number of benzene rings is 3. The van der Waals surface area contributed by atoms with E-state index >= 15 is 0 Å². The van der Waals surface area contributed by atoms with E-state index in [0.29, 0.717) is 6.61 Å². The lowest BCUT2D eigenvalue weighted by Crippen LogP contribution is -2.65. The summed E-state index contributed by atoms with van der Waals surface area (Å²) < 4.78 is 22.6. The molecular formula is C28H31NO7. The molecule has 1 amide bonds. The molecule has 36 heavy (non-hydrogen) atoms. The number of carbonyl (C=O) groups excluding carboxylic acids is 1. The van der Waals surface area contributed by atoms with Crippen molar-refractivity contribution in [3.05, 3.63) is 108 Å². The molecule has 8 heteroatoms. The van der Waals surface area contributed by atoms with Gasteiger partial charge >= 0.3 is 6.09 Å². The van der Waals surface area contributed by atoms with Gasteiger partial charge in [0.25, 0.3) is 0 Å². The number of alkyl carbamates (subject to hydrolysis) is 1. The van der Waals surface area contributed by atoms with Crippen molar-refractivity contribution in [2.24, 2.45) is 0 Å². The molecule has 0 aromatic heterocycles. The lowest BCUT2D eigenvalue weighted by molar-refractivity contribution is -0.266. The van der Waals surface area contributed by atoms with Crippen LogP contribution < -0.4 is 5.32 Å². The molecule has 5 atom stereocenters. The molecule has 0 radical (unpaired) electrons. The minimum atomic E-state index is -1.44. The fourth-order valence-corrected chi connectivity index (χ4v) is 3.96. The highest BCUT2D eigenvalue weighted by Gasteiger charge is 2.46. The molecule has 3 N–H and O–H groups in total. The number of aliphatic hydroxyl groups is 2. The maximum absolute atomic E-state index is 12.5. The number of rotatable bonds is 10. The van der Waals surface area contributed by atoms with Crippen molar-refractivity contribution in [3.63, 3.8) is 0 Å². The van der Waals surface area contributed by atoms with E-state index in [1.165, 1.54) is 0 Å². The fourth-order valence-electron chi connectivity index (χ4n) is 3.96. The van der Waals surface area contributed by atoms with E-state index in [1.807, 2.05) is 91.0 Å². The molecule has 8 nitrogen and oxygen atoms in total. The second-order valence-electron chi connectivity index (χ2n) is 8.55. The zero-order valence-corrected chi connectivity index (χ0v) is 19.8. The Bertz CT molecular complexity index is 1050. The molecule has 0 aliphatic carbocycles. The smallest absolute Gasteiger partial charge is 0.407 e. The zero-order chi connectivity index (χ0) is 25.2. The molecule has 1 saturated heterocycles. The molecule has 1 aliphatic rings. The third-order valence-electron chi connectivity index (χ3n) is 5.87. The molecule has 190 valence electrons. The van der Waals surface area contributed by atoms with Crippen molar-refractivity contribution in [1.82, 2.24) is 5.32 Å². The third kappa shape index (κ3) is 7.36. The normalized spacial score (nSPS) is 23.7. The average Bonchev–Trinajstić information content (AvgIpc) is 2.91. The summed E-state index contributed by atoms with van der Waals surface area (Å²) in [5, 5.41) is 24.4. The Hall–Kier alpha value is -3.27. The summed E-state index contributed by atoms with van der Waals surface area (Å²) in [4.78, 5) is 12.5. The van der Waals surface area contributed by atoms with Crippen LogP contribution in [0.1, 0.15) is 16.7 Å². The second-order valence-corrected chi connectivity index (χ2v) is 8.55. The van der Waals surface area contributed by atoms with Crippen LogP contribution >= 0.6 is 0 Å². The van der Waals surface area contributed by atoms with Gasteiger partial charge in [-0.15, -0.1) is 0 Å². The quantitative estimate of drug-likeness (QED) is 0.398. The summed E-state index contributed by atoms with van der Waals surface area (Å²) in [5.41, 5.74) is 2.68. The van der Waals surface area contributed by atoms with Gasteiger partial charge in [0.15, 0.2) is 6.29 Å². The first-order valence-corrected chi connectivity index (χ1v) is 11.9. The lowest BCUT2D eigenvalue weighted by atomic mass is 9.96. The molecule has 0 saturated carbocycles. The molecular weight excluding hydrogens is 462 g/mol. The molecule has 3 aromatic rings. The van der Waals surface area contributed by atoms with E-state index in [-0.39, 0.29) is 19.8 Å². The molecule has 4 rings (SSSR count). The Balaban J connectivity index is 1.39. The number of amides is 1. The first-order valence-electron chi connectivity index (χ1n) is 11.9. The fraction of sp³-hybridized carbons (Fsp3) is 0.321. The molecule has 0 unspecified atom stereocenters. The van der Waals surface area contributed by atoms with Crippen LogP contribution in [0.2, 0.25) is 0 Å². The molecule has 1 heterocycles. The predicted octanol–water partition coefficient (Wildman–Crippen LogP) is 3.16. The van der Waals surface area contributed by atoms with E-state index in [1.54, 1.807) is 0 Å². The van der Waals surface area contributed by atoms with E-state index in [0.717, 1.165) is 16.7 Å². The summed E-state index contributed by atoms with van der Waals surface area (Å²) in [6.07, 6.45) is -5.20. The summed E-state index contributed by atoms with van der Waals surface area (Å²) >= 11 is 0. The van der Waals surface area contributed by atoms with Gasteiger partial charge in [0.1, 0.15) is 31.0 Å². The van der Waals surface area contributed by atoms with Crippen LogP contribution in [0.5, 0.6) is 0 Å². The Morgan fingerprint density at radius 1 is 0.778 bits per heavy atom. The average molecular weight is 494 g/mol. The Kier molecular flexibility index (Phi) is 9.43. The number of carbonyl (C=O) groups is 1. The van der Waals surface area contributed by atoms with Crippen LogP contribution in [0.3, 0.4) is 0 Å². The topological polar surface area (TPSA) is 106 Å². The van der Waals surface area contributed by atoms with Crippen molar-refractivity contribution >= 4 is 6.09 Å². The highest BCUT2D eigenvalue weighted by Crippen LogP contribution is 2.24. The highest BCUT2D eigenvalue weighted by molar-refractivity contribution is 5.67. The number of aliphatic hydroxyl groups excluding tert-OH is 2. The van der Waals surface area contributed by atoms with Crippen molar-refractivity contribution in [2.45, 2.75) is 50.5 Å². The molecule has 0 spiro atoms. The maximum Gasteiger partial charge on any atom is 0.407 e. The predicted molar refractivity (Wildman–Crippen MR) is 132 cm³/mol. The summed E-state index contributed by atoms with van der Waals surface area (Å²) in [6.45, 7) is 0.588. The van der Waals surface area contributed by atoms with E-state index < -0.39 is 36.7 Å². The third-order valence-corrected chi connectivity index (χ3v) is 5.87. The van der Waals surface area contributed by atoms with E-state index in [4.69, 9.17) is 18.9 Å². The van der Waals surface area contributed by atoms with E-state index in [2.05, 4.69) is 5.32 Å². The van der Waals surface area contributed by atoms with Gasteiger partial charge in [0.05, 0.1) is 19.8 Å². The van der Waals surface area contributed by atoms with Crippen molar-refractivity contribution in [1.29, 1.82) is 0 Å². The number of hydrogen-bond acceptors (Lipinski definition) is 7. The second kappa shape index (κ2) is 13.2. The van der Waals surface area contributed by atoms with Gasteiger partial charge < -0.3 is 34.5 Å². The SMILES string of the molecule is O=C(N[C@@H]1[C@@H](OCc2ccccc2)[C@H](O)[C@@H](COCc2ccccc2)O[C@@H]1O)OCc1ccccc1. The van der Waals surface area contributed by atoms with Gasteiger partial charge in [-0.1, -0.05) is 91.0 Å². The van der Waals surface area contributed by atoms with Crippen LogP contribution in [0.25, 0.3) is 0 Å². The van der Waals surface area contributed by atoms with Gasteiger partial charge in [0.2, 0.25) is 0 Å². The minimum absolute atomic E-state index is 0.0312. The van der Waals surface area contributed by atoms with Crippen LogP contribution in [0.4, 0.5) is 4.79 Å².